The molecule has 0 aromatic carbocycles. The van der Waals surface area contributed by atoms with Gasteiger partial charge in [-0.2, -0.15) is 0 Å². The monoisotopic (exact) mass is 339 g/mol. The van der Waals surface area contributed by atoms with E-state index in [1.807, 2.05) is 24.8 Å². The van der Waals surface area contributed by atoms with Crippen LogP contribution >= 0.6 is 0 Å². The number of hydrogen-bond acceptors (Lipinski definition) is 4. The topological polar surface area (TPSA) is 37.2 Å². The number of rotatable bonds is 5. The normalized spacial score (nSPS) is 20.9. The summed E-state index contributed by atoms with van der Waals surface area (Å²) < 4.78 is 2.14. The van der Waals surface area contributed by atoms with E-state index in [9.17, 15) is 0 Å². The van der Waals surface area contributed by atoms with E-state index in [-0.39, 0.29) is 0 Å². The van der Waals surface area contributed by atoms with Crippen LogP contribution in [0, 0.1) is 5.41 Å². The van der Waals surface area contributed by atoms with Gasteiger partial charge >= 0.3 is 0 Å². The summed E-state index contributed by atoms with van der Waals surface area (Å²) in [4.78, 5) is 13.7. The van der Waals surface area contributed by atoms with E-state index in [0.717, 1.165) is 19.1 Å². The van der Waals surface area contributed by atoms with E-state index in [1.165, 1.54) is 50.2 Å². The highest BCUT2D eigenvalue weighted by atomic mass is 15.2. The van der Waals surface area contributed by atoms with Crippen molar-refractivity contribution in [2.24, 2.45) is 12.5 Å². The van der Waals surface area contributed by atoms with Crippen LogP contribution in [0.3, 0.4) is 0 Å². The van der Waals surface area contributed by atoms with Gasteiger partial charge in [0.1, 0.15) is 5.82 Å². The van der Waals surface area contributed by atoms with Gasteiger partial charge in [-0.15, -0.1) is 0 Å². The summed E-state index contributed by atoms with van der Waals surface area (Å²) in [5, 5.41) is 0. The number of likely N-dealkylation sites (tertiary alicyclic amines) is 1. The minimum atomic E-state index is 0.606. The third kappa shape index (κ3) is 3.62. The van der Waals surface area contributed by atoms with Crippen LogP contribution in [0.2, 0.25) is 0 Å². The Morgan fingerprint density at radius 2 is 1.88 bits per heavy atom. The fourth-order valence-electron chi connectivity index (χ4n) is 4.50. The second-order valence-corrected chi connectivity index (χ2v) is 8.06. The summed E-state index contributed by atoms with van der Waals surface area (Å²) in [6.45, 7) is 4.46. The lowest BCUT2D eigenvalue weighted by Crippen LogP contribution is -2.53. The molecule has 1 aliphatic carbocycles. The molecule has 0 unspecified atom stereocenters. The molecule has 1 aliphatic heterocycles. The molecule has 2 aromatic heterocycles. The molecule has 134 valence electrons. The molecule has 4 rings (SSSR count). The molecule has 5 nitrogen and oxygen atoms in total. The predicted molar refractivity (Wildman–Crippen MR) is 98.9 cm³/mol. The Labute approximate surface area is 150 Å². The highest BCUT2D eigenvalue weighted by Crippen LogP contribution is 2.50. The number of aromatic nitrogens is 3. The Hall–Kier alpha value is -1.72. The first kappa shape index (κ1) is 16.7. The second-order valence-electron chi connectivity index (χ2n) is 8.06. The van der Waals surface area contributed by atoms with E-state index in [2.05, 4.69) is 50.6 Å². The minimum absolute atomic E-state index is 0.606. The Morgan fingerprint density at radius 3 is 2.52 bits per heavy atom. The van der Waals surface area contributed by atoms with Crippen LogP contribution in [-0.2, 0) is 20.1 Å². The smallest absolute Gasteiger partial charge is 0.122 e. The molecular weight excluding hydrogens is 310 g/mol. The fraction of sp³-hybridized carbons (Fsp3) is 0.600. The molecule has 0 bridgehead atoms. The summed E-state index contributed by atoms with van der Waals surface area (Å²) >= 11 is 0. The van der Waals surface area contributed by atoms with Crippen LogP contribution < -0.4 is 0 Å². The molecule has 2 aliphatic rings. The molecule has 0 N–H and O–H groups in total. The van der Waals surface area contributed by atoms with Crippen LogP contribution in [0.15, 0.2) is 36.9 Å². The van der Waals surface area contributed by atoms with Crippen LogP contribution in [-0.4, -0.2) is 50.5 Å². The van der Waals surface area contributed by atoms with E-state index in [1.54, 1.807) is 0 Å². The van der Waals surface area contributed by atoms with Gasteiger partial charge in [0, 0.05) is 44.4 Å². The molecule has 0 amide bonds. The maximum Gasteiger partial charge on any atom is 0.122 e. The minimum Gasteiger partial charge on any atom is -0.337 e. The Morgan fingerprint density at radius 1 is 1.16 bits per heavy atom. The first-order chi connectivity index (χ1) is 12.1. The predicted octanol–water partition coefficient (Wildman–Crippen LogP) is 2.69. The van der Waals surface area contributed by atoms with Crippen molar-refractivity contribution >= 4 is 0 Å². The van der Waals surface area contributed by atoms with Crippen LogP contribution in [0.5, 0.6) is 0 Å². The number of hydrogen-bond donors (Lipinski definition) is 0. The van der Waals surface area contributed by atoms with Gasteiger partial charge in [0.2, 0.25) is 0 Å². The molecule has 0 radical (unpaired) electrons. The van der Waals surface area contributed by atoms with E-state index in [0.29, 0.717) is 5.41 Å². The Balaban J connectivity index is 1.24. The fourth-order valence-corrected chi connectivity index (χ4v) is 4.50. The van der Waals surface area contributed by atoms with Gasteiger partial charge in [-0.3, -0.25) is 14.8 Å². The highest BCUT2D eigenvalue weighted by Gasteiger charge is 2.46. The van der Waals surface area contributed by atoms with Gasteiger partial charge in [-0.1, -0.05) is 0 Å². The zero-order valence-electron chi connectivity index (χ0n) is 15.4. The van der Waals surface area contributed by atoms with E-state index in [4.69, 9.17) is 0 Å². The first-order valence-electron chi connectivity index (χ1n) is 9.41. The zero-order chi connectivity index (χ0) is 17.3. The first-order valence-corrected chi connectivity index (χ1v) is 9.41. The lowest BCUT2D eigenvalue weighted by molar-refractivity contribution is -0.0390. The molecule has 2 fully saturated rings. The average Bonchev–Trinajstić information content (AvgIpc) is 2.99. The molecule has 1 spiro atoms. The van der Waals surface area contributed by atoms with Crippen molar-refractivity contribution in [3.63, 3.8) is 0 Å². The summed E-state index contributed by atoms with van der Waals surface area (Å²) in [5.41, 5.74) is 1.97. The number of piperidine rings is 1. The number of aryl methyl sites for hydroxylation is 1. The molecule has 2 aromatic rings. The number of imidazole rings is 1. The molecule has 3 heterocycles. The molecule has 1 saturated carbocycles. The number of pyridine rings is 1. The maximum atomic E-state index is 4.47. The van der Waals surface area contributed by atoms with Gasteiger partial charge in [0.25, 0.3) is 0 Å². The van der Waals surface area contributed by atoms with Gasteiger partial charge in [0.15, 0.2) is 0 Å². The van der Waals surface area contributed by atoms with Crippen LogP contribution in [0.1, 0.15) is 37.1 Å². The third-order valence-electron chi connectivity index (χ3n) is 6.34. The standard InChI is InChI=1S/C20H29N5/c1-23-12-9-22-19(23)16-25-10-5-20(6-11-25)13-18(14-20)24(2)15-17-3-7-21-8-4-17/h3-4,7-9,12,18H,5-6,10-11,13-16H2,1-2H3. The molecular formula is C20H29N5. The molecule has 1 saturated heterocycles. The van der Waals surface area contributed by atoms with Crippen molar-refractivity contribution in [3.05, 3.63) is 48.3 Å². The SMILES string of the molecule is CN(Cc1ccncc1)C1CC2(CCN(Cc3nccn3C)CC2)C1. The molecule has 0 atom stereocenters. The summed E-state index contributed by atoms with van der Waals surface area (Å²) in [5.74, 6) is 1.18. The van der Waals surface area contributed by atoms with Crippen molar-refractivity contribution in [1.82, 2.24) is 24.3 Å². The van der Waals surface area contributed by atoms with Crippen molar-refractivity contribution in [2.45, 2.75) is 44.8 Å². The average molecular weight is 339 g/mol. The summed E-state index contributed by atoms with van der Waals surface area (Å²) in [6, 6.07) is 5.00. The number of nitrogens with zero attached hydrogens (tertiary/aromatic N) is 5. The van der Waals surface area contributed by atoms with E-state index >= 15 is 0 Å². The van der Waals surface area contributed by atoms with E-state index < -0.39 is 0 Å². The summed E-state index contributed by atoms with van der Waals surface area (Å²) in [7, 11) is 4.36. The zero-order valence-corrected chi connectivity index (χ0v) is 15.4. The van der Waals surface area contributed by atoms with Gasteiger partial charge in [-0.05, 0) is 68.9 Å². The van der Waals surface area contributed by atoms with Crippen molar-refractivity contribution < 1.29 is 0 Å². The Bertz CT molecular complexity index is 679. The summed E-state index contributed by atoms with van der Waals surface area (Å²) in [6.07, 6.45) is 13.1. The van der Waals surface area contributed by atoms with Crippen molar-refractivity contribution in [2.75, 3.05) is 20.1 Å². The second kappa shape index (κ2) is 6.89. The van der Waals surface area contributed by atoms with Gasteiger partial charge in [-0.25, -0.2) is 4.98 Å². The maximum absolute atomic E-state index is 4.47. The quantitative estimate of drug-likeness (QED) is 0.839. The van der Waals surface area contributed by atoms with Crippen LogP contribution in [0.25, 0.3) is 0 Å². The van der Waals surface area contributed by atoms with Crippen LogP contribution in [0.4, 0.5) is 0 Å². The molecule has 5 heteroatoms. The lowest BCUT2D eigenvalue weighted by Gasteiger charge is -2.54. The highest BCUT2D eigenvalue weighted by molar-refractivity contribution is 5.10. The molecule has 25 heavy (non-hydrogen) atoms. The lowest BCUT2D eigenvalue weighted by atomic mass is 9.60. The van der Waals surface area contributed by atoms with Gasteiger partial charge < -0.3 is 4.57 Å². The third-order valence-corrected chi connectivity index (χ3v) is 6.34. The van der Waals surface area contributed by atoms with Crippen molar-refractivity contribution in [3.8, 4) is 0 Å². The van der Waals surface area contributed by atoms with Crippen molar-refractivity contribution in [1.29, 1.82) is 0 Å². The largest absolute Gasteiger partial charge is 0.337 e. The Kier molecular flexibility index (Phi) is 4.61. The van der Waals surface area contributed by atoms with Gasteiger partial charge in [0.05, 0.1) is 6.54 Å².